The maximum absolute atomic E-state index is 11.8. The van der Waals surface area contributed by atoms with Gasteiger partial charge in [0.25, 0.3) is 5.56 Å². The third kappa shape index (κ3) is 1.64. The molecular weight excluding hydrogens is 204 g/mol. The van der Waals surface area contributed by atoms with Crippen molar-refractivity contribution in [2.75, 3.05) is 0 Å². The summed E-state index contributed by atoms with van der Waals surface area (Å²) in [4.78, 5) is 22.9. The summed E-state index contributed by atoms with van der Waals surface area (Å²) in [6.45, 7) is 3.80. The second-order valence-corrected chi connectivity index (χ2v) is 3.72. The number of nitrogens with one attached hydrogen (secondary N) is 1. The summed E-state index contributed by atoms with van der Waals surface area (Å²) >= 11 is 0. The first-order valence-electron chi connectivity index (χ1n) is 5.20. The molecule has 0 aromatic carbocycles. The zero-order valence-electron chi connectivity index (χ0n) is 9.61. The predicted octanol–water partition coefficient (Wildman–Crippen LogP) is 1.04. The summed E-state index contributed by atoms with van der Waals surface area (Å²) in [6, 6.07) is 0. The molecule has 0 radical (unpaired) electrons. The van der Waals surface area contributed by atoms with Gasteiger partial charge in [0, 0.05) is 18.3 Å². The zero-order chi connectivity index (χ0) is 11.7. The number of imidazole rings is 1. The number of rotatable bonds is 2. The van der Waals surface area contributed by atoms with Crippen LogP contribution in [0.25, 0.3) is 11.5 Å². The van der Waals surface area contributed by atoms with Gasteiger partial charge in [0.2, 0.25) is 0 Å². The normalized spacial score (nSPS) is 10.7. The van der Waals surface area contributed by atoms with Crippen molar-refractivity contribution in [3.05, 3.63) is 34.1 Å². The van der Waals surface area contributed by atoms with E-state index in [0.717, 1.165) is 17.0 Å². The van der Waals surface area contributed by atoms with Crippen LogP contribution in [0.1, 0.15) is 18.2 Å². The fourth-order valence-corrected chi connectivity index (χ4v) is 1.73. The third-order valence-electron chi connectivity index (χ3n) is 2.64. The van der Waals surface area contributed by atoms with E-state index in [1.807, 2.05) is 25.5 Å². The smallest absolute Gasteiger partial charge is 0.254 e. The first kappa shape index (κ1) is 10.6. The van der Waals surface area contributed by atoms with Crippen LogP contribution >= 0.6 is 0 Å². The third-order valence-corrected chi connectivity index (χ3v) is 2.64. The lowest BCUT2D eigenvalue weighted by molar-refractivity contribution is 0.892. The minimum atomic E-state index is -0.0637. The van der Waals surface area contributed by atoms with E-state index in [-0.39, 0.29) is 5.56 Å². The highest BCUT2D eigenvalue weighted by Gasteiger charge is 2.09. The highest BCUT2D eigenvalue weighted by Crippen LogP contribution is 2.12. The fourth-order valence-electron chi connectivity index (χ4n) is 1.73. The first-order chi connectivity index (χ1) is 7.63. The SMILES string of the molecule is CCc1c(C)nc(-c2cncn2C)[nH]c1=O. The molecule has 0 amide bonds. The van der Waals surface area contributed by atoms with Gasteiger partial charge in [-0.05, 0) is 13.3 Å². The number of aromatic amines is 1. The number of hydrogen-bond acceptors (Lipinski definition) is 3. The second kappa shape index (κ2) is 3.92. The van der Waals surface area contributed by atoms with Crippen LogP contribution in [0.15, 0.2) is 17.3 Å². The molecule has 2 rings (SSSR count). The molecule has 0 spiro atoms. The van der Waals surface area contributed by atoms with Gasteiger partial charge in [-0.3, -0.25) is 4.79 Å². The van der Waals surface area contributed by atoms with Crippen LogP contribution < -0.4 is 5.56 Å². The number of hydrogen-bond donors (Lipinski definition) is 1. The maximum atomic E-state index is 11.8. The molecule has 0 aliphatic carbocycles. The number of aromatic nitrogens is 4. The van der Waals surface area contributed by atoms with Gasteiger partial charge in [-0.1, -0.05) is 6.92 Å². The molecule has 0 saturated carbocycles. The van der Waals surface area contributed by atoms with Crippen LogP contribution in [-0.4, -0.2) is 19.5 Å². The molecule has 0 atom stereocenters. The van der Waals surface area contributed by atoms with Gasteiger partial charge in [0.1, 0.15) is 5.69 Å². The minimum Gasteiger partial charge on any atom is -0.331 e. The van der Waals surface area contributed by atoms with Gasteiger partial charge in [-0.15, -0.1) is 0 Å². The van der Waals surface area contributed by atoms with E-state index in [4.69, 9.17) is 0 Å². The van der Waals surface area contributed by atoms with Crippen molar-refractivity contribution < 1.29 is 0 Å². The summed E-state index contributed by atoms with van der Waals surface area (Å²) in [7, 11) is 1.87. The lowest BCUT2D eigenvalue weighted by Gasteiger charge is -2.05. The average Bonchev–Trinajstić information content (AvgIpc) is 2.64. The largest absolute Gasteiger partial charge is 0.331 e. The summed E-state index contributed by atoms with van der Waals surface area (Å²) in [6.07, 6.45) is 4.06. The minimum absolute atomic E-state index is 0.0637. The van der Waals surface area contributed by atoms with Crippen LogP contribution in [0.3, 0.4) is 0 Å². The van der Waals surface area contributed by atoms with Gasteiger partial charge in [0.15, 0.2) is 5.82 Å². The summed E-state index contributed by atoms with van der Waals surface area (Å²) in [5, 5.41) is 0. The first-order valence-corrected chi connectivity index (χ1v) is 5.20. The standard InChI is InChI=1S/C11H14N4O/c1-4-8-7(2)13-10(14-11(8)16)9-5-12-6-15(9)3/h5-6H,4H2,1-3H3,(H,13,14,16). The van der Waals surface area contributed by atoms with Gasteiger partial charge in [0.05, 0.1) is 12.5 Å². The lowest BCUT2D eigenvalue weighted by Crippen LogP contribution is -2.17. The quantitative estimate of drug-likeness (QED) is 0.819. The zero-order valence-corrected chi connectivity index (χ0v) is 9.61. The molecule has 5 heteroatoms. The molecule has 16 heavy (non-hydrogen) atoms. The average molecular weight is 218 g/mol. The molecule has 0 aliphatic heterocycles. The van der Waals surface area contributed by atoms with Crippen LogP contribution in [0, 0.1) is 6.92 Å². The lowest BCUT2D eigenvalue weighted by atomic mass is 10.2. The Balaban J connectivity index is 2.61. The van der Waals surface area contributed by atoms with Crippen molar-refractivity contribution in [2.24, 2.45) is 7.05 Å². The molecular formula is C11H14N4O. The van der Waals surface area contributed by atoms with Crippen LogP contribution in [0.2, 0.25) is 0 Å². The van der Waals surface area contributed by atoms with Crippen molar-refractivity contribution in [3.8, 4) is 11.5 Å². The van der Waals surface area contributed by atoms with Gasteiger partial charge in [-0.2, -0.15) is 0 Å². The van der Waals surface area contributed by atoms with E-state index in [0.29, 0.717) is 12.2 Å². The second-order valence-electron chi connectivity index (χ2n) is 3.72. The van der Waals surface area contributed by atoms with E-state index in [2.05, 4.69) is 15.0 Å². The number of aryl methyl sites for hydroxylation is 2. The van der Waals surface area contributed by atoms with Gasteiger partial charge in [-0.25, -0.2) is 9.97 Å². The molecule has 0 unspecified atom stereocenters. The number of nitrogens with zero attached hydrogens (tertiary/aromatic N) is 3. The van der Waals surface area contributed by atoms with Crippen LogP contribution in [0.4, 0.5) is 0 Å². The van der Waals surface area contributed by atoms with Gasteiger partial charge >= 0.3 is 0 Å². The van der Waals surface area contributed by atoms with E-state index in [1.165, 1.54) is 0 Å². The maximum Gasteiger partial charge on any atom is 0.254 e. The van der Waals surface area contributed by atoms with E-state index in [9.17, 15) is 4.79 Å². The van der Waals surface area contributed by atoms with Crippen molar-refractivity contribution >= 4 is 0 Å². The Kier molecular flexibility index (Phi) is 2.60. The molecule has 0 saturated heterocycles. The molecule has 0 bridgehead atoms. The predicted molar refractivity (Wildman–Crippen MR) is 61.2 cm³/mol. The Labute approximate surface area is 93.2 Å². The Morgan fingerprint density at radius 1 is 1.50 bits per heavy atom. The molecule has 84 valence electrons. The molecule has 2 heterocycles. The molecule has 2 aromatic rings. The Morgan fingerprint density at radius 2 is 2.25 bits per heavy atom. The molecule has 5 nitrogen and oxygen atoms in total. The topological polar surface area (TPSA) is 63.6 Å². The van der Waals surface area contributed by atoms with Crippen molar-refractivity contribution in [2.45, 2.75) is 20.3 Å². The van der Waals surface area contributed by atoms with Crippen molar-refractivity contribution in [1.29, 1.82) is 0 Å². The van der Waals surface area contributed by atoms with Crippen molar-refractivity contribution in [3.63, 3.8) is 0 Å². The Morgan fingerprint density at radius 3 is 2.75 bits per heavy atom. The molecule has 2 aromatic heterocycles. The van der Waals surface area contributed by atoms with Gasteiger partial charge < -0.3 is 9.55 Å². The fraction of sp³-hybridized carbons (Fsp3) is 0.364. The molecule has 1 N–H and O–H groups in total. The number of H-pyrrole nitrogens is 1. The highest BCUT2D eigenvalue weighted by molar-refractivity contribution is 5.48. The summed E-state index contributed by atoms with van der Waals surface area (Å²) in [5.41, 5.74) is 2.27. The Bertz CT molecular complexity index is 568. The van der Waals surface area contributed by atoms with E-state index < -0.39 is 0 Å². The summed E-state index contributed by atoms with van der Waals surface area (Å²) in [5.74, 6) is 0.569. The van der Waals surface area contributed by atoms with E-state index >= 15 is 0 Å². The van der Waals surface area contributed by atoms with E-state index in [1.54, 1.807) is 12.5 Å². The molecule has 0 aliphatic rings. The van der Waals surface area contributed by atoms with Crippen LogP contribution in [0.5, 0.6) is 0 Å². The monoisotopic (exact) mass is 218 g/mol. The van der Waals surface area contributed by atoms with Crippen LogP contribution in [-0.2, 0) is 13.5 Å². The summed E-state index contributed by atoms with van der Waals surface area (Å²) < 4.78 is 1.82. The molecule has 0 fully saturated rings. The van der Waals surface area contributed by atoms with Crippen molar-refractivity contribution in [1.82, 2.24) is 19.5 Å². The Hall–Kier alpha value is -1.91. The highest BCUT2D eigenvalue weighted by atomic mass is 16.1.